The van der Waals surface area contributed by atoms with Crippen LogP contribution in [-0.2, 0) is 22.7 Å². The summed E-state index contributed by atoms with van der Waals surface area (Å²) >= 11 is 0. The van der Waals surface area contributed by atoms with E-state index in [2.05, 4.69) is 0 Å². The summed E-state index contributed by atoms with van der Waals surface area (Å²) in [6, 6.07) is 24.1. The third-order valence-corrected chi connectivity index (χ3v) is 7.51. The Bertz CT molecular complexity index is 1700. The van der Waals surface area contributed by atoms with Crippen LogP contribution in [0.3, 0.4) is 0 Å². The second-order valence-corrected chi connectivity index (χ2v) is 9.34. The van der Waals surface area contributed by atoms with Gasteiger partial charge in [-0.3, -0.25) is 0 Å². The van der Waals surface area contributed by atoms with Crippen LogP contribution in [0.15, 0.2) is 72.8 Å². The van der Waals surface area contributed by atoms with Gasteiger partial charge in [0.25, 0.3) is 0 Å². The number of hydrogen-bond donors (Lipinski definition) is 0. The van der Waals surface area contributed by atoms with Crippen LogP contribution < -0.4 is 9.47 Å². The second kappa shape index (κ2) is 8.35. The minimum absolute atomic E-state index is 0.101. The lowest BCUT2D eigenvalue weighted by molar-refractivity contribution is 0.0550. The van der Waals surface area contributed by atoms with Crippen molar-refractivity contribution in [2.75, 3.05) is 14.2 Å². The van der Waals surface area contributed by atoms with Gasteiger partial charge in [0.1, 0.15) is 24.7 Å². The Morgan fingerprint density at radius 2 is 1.00 bits per heavy atom. The van der Waals surface area contributed by atoms with Gasteiger partial charge in [-0.15, -0.1) is 0 Å². The van der Waals surface area contributed by atoms with E-state index >= 15 is 0 Å². The molecular weight excluding hydrogens is 480 g/mol. The maximum Gasteiger partial charge on any atom is 0.339 e. The summed E-state index contributed by atoms with van der Waals surface area (Å²) in [5, 5.41) is 4.06. The zero-order chi connectivity index (χ0) is 26.0. The molecule has 0 spiro atoms. The molecule has 0 N–H and O–H groups in total. The number of hydrogen-bond acceptors (Lipinski definition) is 6. The SMILES string of the molecule is COC(=O)c1c2c(c3c(c1C(=O)OC)COc1ccc4ccccc4c1-3)-c1c(ccc3ccccc13)OC2. The molecule has 2 aliphatic heterocycles. The average Bonchev–Trinajstić information content (AvgIpc) is 2.98. The monoisotopic (exact) mass is 502 g/mol. The van der Waals surface area contributed by atoms with Crippen molar-refractivity contribution in [3.05, 3.63) is 95.1 Å². The van der Waals surface area contributed by atoms with Crippen molar-refractivity contribution in [1.29, 1.82) is 0 Å². The molecule has 6 nitrogen and oxygen atoms in total. The summed E-state index contributed by atoms with van der Waals surface area (Å²) in [5.41, 5.74) is 4.96. The van der Waals surface area contributed by atoms with Crippen molar-refractivity contribution in [1.82, 2.24) is 0 Å². The number of fused-ring (bicyclic) bond motifs is 11. The lowest BCUT2D eigenvalue weighted by Crippen LogP contribution is -2.24. The standard InChI is InChI=1S/C32H22O6/c1-35-31(33)29-21-15-37-23-13-11-17-7-3-5-9-19(17)25(23)27(21)28-22(30(29)32(34)36-2)16-38-24-14-12-18-8-4-6-10-20(18)26(24)28/h3-14H,15-16H2,1-2H3. The lowest BCUT2D eigenvalue weighted by Gasteiger charge is -2.33. The van der Waals surface area contributed by atoms with Crippen molar-refractivity contribution >= 4 is 33.5 Å². The van der Waals surface area contributed by atoms with E-state index in [-0.39, 0.29) is 24.3 Å². The number of methoxy groups -OCH3 is 2. The molecular formula is C32H22O6. The third kappa shape index (κ3) is 3.00. The van der Waals surface area contributed by atoms with E-state index in [1.165, 1.54) is 14.2 Å². The molecule has 5 aromatic rings. The molecule has 0 aromatic heterocycles. The number of esters is 2. The fraction of sp³-hybridized carbons (Fsp3) is 0.125. The van der Waals surface area contributed by atoms with Crippen LogP contribution in [-0.4, -0.2) is 26.2 Å². The van der Waals surface area contributed by atoms with Crippen LogP contribution in [0, 0.1) is 0 Å². The smallest absolute Gasteiger partial charge is 0.339 e. The zero-order valence-corrected chi connectivity index (χ0v) is 20.8. The van der Waals surface area contributed by atoms with Gasteiger partial charge in [-0.25, -0.2) is 9.59 Å². The number of benzene rings is 5. The van der Waals surface area contributed by atoms with E-state index in [0.717, 1.165) is 43.8 Å². The number of ether oxygens (including phenoxy) is 4. The minimum Gasteiger partial charge on any atom is -0.488 e. The van der Waals surface area contributed by atoms with E-state index in [1.54, 1.807) is 0 Å². The average molecular weight is 503 g/mol. The maximum absolute atomic E-state index is 13.3. The molecule has 0 atom stereocenters. The fourth-order valence-corrected chi connectivity index (χ4v) is 5.91. The number of carbonyl (C=O) groups excluding carboxylic acids is 2. The predicted octanol–water partition coefficient (Wildman–Crippen LogP) is 6.69. The summed E-state index contributed by atoms with van der Waals surface area (Å²) in [4.78, 5) is 26.6. The topological polar surface area (TPSA) is 71.1 Å². The number of carbonyl (C=O) groups is 2. The van der Waals surface area contributed by atoms with E-state index in [1.807, 2.05) is 72.8 Å². The molecule has 0 bridgehead atoms. The molecule has 5 aromatic carbocycles. The van der Waals surface area contributed by atoms with Gasteiger partial charge in [0, 0.05) is 33.4 Å². The molecule has 0 saturated heterocycles. The van der Waals surface area contributed by atoms with Crippen molar-refractivity contribution in [3.63, 3.8) is 0 Å². The van der Waals surface area contributed by atoms with Crippen LogP contribution in [0.4, 0.5) is 0 Å². The van der Waals surface area contributed by atoms with E-state index in [0.29, 0.717) is 22.6 Å². The van der Waals surface area contributed by atoms with Crippen molar-refractivity contribution in [3.8, 4) is 33.8 Å². The van der Waals surface area contributed by atoms with Crippen LogP contribution in [0.1, 0.15) is 31.8 Å². The Kier molecular flexibility index (Phi) is 4.91. The normalized spacial score (nSPS) is 12.9. The van der Waals surface area contributed by atoms with Gasteiger partial charge in [0.2, 0.25) is 0 Å². The first kappa shape index (κ1) is 22.4. The van der Waals surface area contributed by atoms with Gasteiger partial charge in [0.15, 0.2) is 0 Å². The summed E-state index contributed by atoms with van der Waals surface area (Å²) < 4.78 is 22.9. The molecule has 2 heterocycles. The Morgan fingerprint density at radius 1 is 0.579 bits per heavy atom. The highest BCUT2D eigenvalue weighted by atomic mass is 16.5. The van der Waals surface area contributed by atoms with Gasteiger partial charge in [0.05, 0.1) is 25.3 Å². The summed E-state index contributed by atoms with van der Waals surface area (Å²) in [5.74, 6) is 0.183. The first-order valence-electron chi connectivity index (χ1n) is 12.3. The third-order valence-electron chi connectivity index (χ3n) is 7.51. The minimum atomic E-state index is -0.625. The fourth-order valence-electron chi connectivity index (χ4n) is 5.91. The molecule has 0 saturated carbocycles. The van der Waals surface area contributed by atoms with Gasteiger partial charge in [-0.1, -0.05) is 60.7 Å². The Labute approximate surface area is 218 Å². The van der Waals surface area contributed by atoms with Gasteiger partial charge in [-0.2, -0.15) is 0 Å². The molecule has 2 aliphatic rings. The van der Waals surface area contributed by atoms with Gasteiger partial charge >= 0.3 is 11.9 Å². The molecule has 0 fully saturated rings. The predicted molar refractivity (Wildman–Crippen MR) is 144 cm³/mol. The van der Waals surface area contributed by atoms with Crippen molar-refractivity contribution < 1.29 is 28.5 Å². The Morgan fingerprint density at radius 3 is 1.42 bits per heavy atom. The lowest BCUT2D eigenvalue weighted by atomic mass is 9.77. The summed E-state index contributed by atoms with van der Waals surface area (Å²) in [6.07, 6.45) is 0. The van der Waals surface area contributed by atoms with Gasteiger partial charge in [-0.05, 0) is 33.7 Å². The zero-order valence-electron chi connectivity index (χ0n) is 20.8. The maximum atomic E-state index is 13.3. The molecule has 7 rings (SSSR count). The molecule has 186 valence electrons. The first-order valence-corrected chi connectivity index (χ1v) is 12.3. The molecule has 38 heavy (non-hydrogen) atoms. The molecule has 0 radical (unpaired) electrons. The summed E-state index contributed by atoms with van der Waals surface area (Å²) in [7, 11) is 2.61. The largest absolute Gasteiger partial charge is 0.488 e. The Balaban J connectivity index is 1.74. The summed E-state index contributed by atoms with van der Waals surface area (Å²) in [6.45, 7) is 0.201. The highest BCUT2D eigenvalue weighted by Gasteiger charge is 2.39. The van der Waals surface area contributed by atoms with Crippen LogP contribution in [0.25, 0.3) is 43.8 Å². The van der Waals surface area contributed by atoms with E-state index in [4.69, 9.17) is 18.9 Å². The number of rotatable bonds is 2. The quantitative estimate of drug-likeness (QED) is 0.251. The van der Waals surface area contributed by atoms with E-state index < -0.39 is 11.9 Å². The van der Waals surface area contributed by atoms with Crippen LogP contribution in [0.5, 0.6) is 11.5 Å². The van der Waals surface area contributed by atoms with Crippen molar-refractivity contribution in [2.24, 2.45) is 0 Å². The molecule has 0 amide bonds. The van der Waals surface area contributed by atoms with Crippen molar-refractivity contribution in [2.45, 2.75) is 13.2 Å². The van der Waals surface area contributed by atoms with Crippen LogP contribution >= 0.6 is 0 Å². The van der Waals surface area contributed by atoms with E-state index in [9.17, 15) is 9.59 Å². The molecule has 0 unspecified atom stereocenters. The Hall–Kier alpha value is -4.84. The van der Waals surface area contributed by atoms with Crippen LogP contribution in [0.2, 0.25) is 0 Å². The second-order valence-electron chi connectivity index (χ2n) is 9.34. The highest BCUT2D eigenvalue weighted by Crippen LogP contribution is 2.54. The first-order chi connectivity index (χ1) is 18.6. The molecule has 0 aliphatic carbocycles. The highest BCUT2D eigenvalue weighted by molar-refractivity contribution is 6.16. The van der Waals surface area contributed by atoms with Gasteiger partial charge < -0.3 is 18.9 Å². The molecule has 6 heteroatoms.